The second-order valence-corrected chi connectivity index (χ2v) is 4.80. The molecule has 1 aliphatic heterocycles. The third kappa shape index (κ3) is 5.69. The molecule has 1 atom stereocenters. The minimum absolute atomic E-state index is 0.161. The summed E-state index contributed by atoms with van der Waals surface area (Å²) < 4.78 is 36.6. The van der Waals surface area contributed by atoms with Gasteiger partial charge >= 0.3 is 6.18 Å². The molecule has 0 amide bonds. The monoisotopic (exact) mass is 263 g/mol. The lowest BCUT2D eigenvalue weighted by Crippen LogP contribution is -2.48. The van der Waals surface area contributed by atoms with Crippen LogP contribution in [0.5, 0.6) is 0 Å². The van der Waals surface area contributed by atoms with Gasteiger partial charge in [0, 0.05) is 12.1 Å². The number of nitrogens with one attached hydrogen (secondary N) is 1. The van der Waals surface area contributed by atoms with Crippen LogP contribution in [0.3, 0.4) is 0 Å². The molecule has 1 N–H and O–H groups in total. The molecule has 1 rings (SSSR count). The highest BCUT2D eigenvalue weighted by Gasteiger charge is 2.32. The summed E-state index contributed by atoms with van der Waals surface area (Å²) in [5.41, 5.74) is 0. The van der Waals surface area contributed by atoms with E-state index in [1.165, 1.54) is 4.90 Å². The molecule has 0 aromatic rings. The van der Waals surface area contributed by atoms with Gasteiger partial charge in [0.05, 0.1) is 19.0 Å². The maximum absolute atomic E-state index is 12.2. The van der Waals surface area contributed by atoms with E-state index in [2.05, 4.69) is 11.4 Å². The van der Waals surface area contributed by atoms with Gasteiger partial charge in [-0.1, -0.05) is 6.92 Å². The van der Waals surface area contributed by atoms with Crippen LogP contribution in [0.1, 0.15) is 32.6 Å². The third-order valence-electron chi connectivity index (χ3n) is 3.29. The average molecular weight is 263 g/mol. The molecule has 0 bridgehead atoms. The summed E-state index contributed by atoms with van der Waals surface area (Å²) in [4.78, 5) is 1.45. The van der Waals surface area contributed by atoms with Crippen molar-refractivity contribution in [2.75, 3.05) is 19.6 Å². The Balaban J connectivity index is 2.29. The van der Waals surface area contributed by atoms with Crippen molar-refractivity contribution in [2.24, 2.45) is 0 Å². The lowest BCUT2D eigenvalue weighted by molar-refractivity contribution is -0.148. The molecule has 1 unspecified atom stereocenters. The van der Waals surface area contributed by atoms with E-state index in [9.17, 15) is 13.2 Å². The fourth-order valence-electron chi connectivity index (χ4n) is 2.28. The van der Waals surface area contributed by atoms with Gasteiger partial charge in [0.1, 0.15) is 0 Å². The molecule has 0 aliphatic carbocycles. The zero-order chi connectivity index (χ0) is 13.6. The van der Waals surface area contributed by atoms with Gasteiger partial charge in [-0.05, 0) is 32.4 Å². The minimum Gasteiger partial charge on any atom is -0.310 e. The third-order valence-corrected chi connectivity index (χ3v) is 3.29. The predicted molar refractivity (Wildman–Crippen MR) is 63.0 cm³/mol. The maximum Gasteiger partial charge on any atom is 0.401 e. The number of alkyl halides is 3. The molecule has 1 saturated heterocycles. The Morgan fingerprint density at radius 3 is 2.44 bits per heavy atom. The van der Waals surface area contributed by atoms with E-state index in [4.69, 9.17) is 5.26 Å². The van der Waals surface area contributed by atoms with E-state index in [0.717, 1.165) is 19.3 Å². The largest absolute Gasteiger partial charge is 0.401 e. The number of rotatable bonds is 5. The molecule has 0 spiro atoms. The summed E-state index contributed by atoms with van der Waals surface area (Å²) in [6.07, 6.45) is -1.33. The Morgan fingerprint density at radius 2 is 2.00 bits per heavy atom. The quantitative estimate of drug-likeness (QED) is 0.827. The van der Waals surface area contributed by atoms with Crippen molar-refractivity contribution in [1.29, 1.82) is 5.26 Å². The van der Waals surface area contributed by atoms with E-state index < -0.39 is 12.7 Å². The number of nitriles is 1. The van der Waals surface area contributed by atoms with Crippen LogP contribution in [0.4, 0.5) is 13.2 Å². The van der Waals surface area contributed by atoms with Crippen molar-refractivity contribution >= 4 is 0 Å². The van der Waals surface area contributed by atoms with Gasteiger partial charge in [-0.3, -0.25) is 4.90 Å². The number of hydrogen-bond donors (Lipinski definition) is 1. The highest BCUT2D eigenvalue weighted by molar-refractivity contribution is 4.85. The molecule has 0 aromatic heterocycles. The molecule has 1 aliphatic rings. The Kier molecular flexibility index (Phi) is 5.89. The standard InChI is InChI=1S/C12H20F3N3/c1-2-10(3-6-16)17-11-4-7-18(8-5-11)9-12(13,14)15/h10-11,17H,2-5,7-9H2,1H3. The first-order valence-corrected chi connectivity index (χ1v) is 6.36. The van der Waals surface area contributed by atoms with Crippen molar-refractivity contribution in [3.8, 4) is 6.07 Å². The smallest absolute Gasteiger partial charge is 0.310 e. The number of piperidine rings is 1. The van der Waals surface area contributed by atoms with Crippen LogP contribution in [-0.4, -0.2) is 42.8 Å². The maximum atomic E-state index is 12.2. The molecule has 1 fully saturated rings. The molecule has 0 saturated carbocycles. The van der Waals surface area contributed by atoms with Crippen LogP contribution < -0.4 is 5.32 Å². The van der Waals surface area contributed by atoms with Crippen LogP contribution in [-0.2, 0) is 0 Å². The number of likely N-dealkylation sites (tertiary alicyclic amines) is 1. The topological polar surface area (TPSA) is 39.1 Å². The fourth-order valence-corrected chi connectivity index (χ4v) is 2.28. The van der Waals surface area contributed by atoms with Gasteiger partial charge in [0.2, 0.25) is 0 Å². The summed E-state index contributed by atoms with van der Waals surface area (Å²) in [6.45, 7) is 2.14. The Hall–Kier alpha value is -0.800. The van der Waals surface area contributed by atoms with E-state index in [-0.39, 0.29) is 12.1 Å². The molecule has 1 heterocycles. The number of halogens is 3. The molecule has 0 aromatic carbocycles. The van der Waals surface area contributed by atoms with E-state index >= 15 is 0 Å². The number of hydrogen-bond acceptors (Lipinski definition) is 3. The van der Waals surface area contributed by atoms with Gasteiger partial charge in [-0.15, -0.1) is 0 Å². The molecular weight excluding hydrogens is 243 g/mol. The zero-order valence-electron chi connectivity index (χ0n) is 10.6. The molecule has 104 valence electrons. The zero-order valence-corrected chi connectivity index (χ0v) is 10.6. The normalized spacial score (nSPS) is 20.6. The minimum atomic E-state index is -4.10. The molecule has 6 heteroatoms. The first kappa shape index (κ1) is 15.3. The average Bonchev–Trinajstić information content (AvgIpc) is 2.29. The van der Waals surface area contributed by atoms with Gasteiger partial charge in [0.15, 0.2) is 0 Å². The summed E-state index contributed by atoms with van der Waals surface area (Å²) in [5, 5.41) is 12.0. The van der Waals surface area contributed by atoms with Gasteiger partial charge in [0.25, 0.3) is 0 Å². The summed E-state index contributed by atoms with van der Waals surface area (Å²) in [6, 6.07) is 2.53. The van der Waals surface area contributed by atoms with Crippen molar-refractivity contribution < 1.29 is 13.2 Å². The lowest BCUT2D eigenvalue weighted by atomic mass is 10.0. The van der Waals surface area contributed by atoms with E-state index in [1.54, 1.807) is 0 Å². The molecule has 18 heavy (non-hydrogen) atoms. The number of nitrogens with zero attached hydrogens (tertiary/aromatic N) is 2. The first-order chi connectivity index (χ1) is 8.44. The van der Waals surface area contributed by atoms with Crippen LogP contribution >= 0.6 is 0 Å². The highest BCUT2D eigenvalue weighted by Crippen LogP contribution is 2.20. The van der Waals surface area contributed by atoms with Crippen LogP contribution in [0.15, 0.2) is 0 Å². The summed E-state index contributed by atoms with van der Waals surface area (Å²) in [7, 11) is 0. The van der Waals surface area contributed by atoms with Crippen molar-refractivity contribution in [1.82, 2.24) is 10.2 Å². The van der Waals surface area contributed by atoms with Crippen molar-refractivity contribution in [3.63, 3.8) is 0 Å². The van der Waals surface area contributed by atoms with Crippen LogP contribution in [0.2, 0.25) is 0 Å². The summed E-state index contributed by atoms with van der Waals surface area (Å²) >= 11 is 0. The second kappa shape index (κ2) is 6.95. The Labute approximate surface area is 106 Å². The van der Waals surface area contributed by atoms with Crippen LogP contribution in [0, 0.1) is 11.3 Å². The molecular formula is C12H20F3N3. The summed E-state index contributed by atoms with van der Waals surface area (Å²) in [5.74, 6) is 0. The molecule has 3 nitrogen and oxygen atoms in total. The van der Waals surface area contributed by atoms with Crippen molar-refractivity contribution in [2.45, 2.75) is 50.9 Å². The van der Waals surface area contributed by atoms with E-state index in [0.29, 0.717) is 19.5 Å². The van der Waals surface area contributed by atoms with Gasteiger partial charge in [-0.2, -0.15) is 18.4 Å². The highest BCUT2D eigenvalue weighted by atomic mass is 19.4. The Bertz CT molecular complexity index is 277. The fraction of sp³-hybridized carbons (Fsp3) is 0.917. The first-order valence-electron chi connectivity index (χ1n) is 6.36. The predicted octanol–water partition coefficient (Wildman–Crippen LogP) is 2.29. The van der Waals surface area contributed by atoms with Crippen LogP contribution in [0.25, 0.3) is 0 Å². The molecule has 0 radical (unpaired) electrons. The second-order valence-electron chi connectivity index (χ2n) is 4.80. The Morgan fingerprint density at radius 1 is 1.39 bits per heavy atom. The SMILES string of the molecule is CCC(CC#N)NC1CCN(CC(F)(F)F)CC1. The van der Waals surface area contributed by atoms with E-state index in [1.807, 2.05) is 6.92 Å². The lowest BCUT2D eigenvalue weighted by Gasteiger charge is -2.34. The van der Waals surface area contributed by atoms with Gasteiger partial charge < -0.3 is 5.32 Å². The van der Waals surface area contributed by atoms with Gasteiger partial charge in [-0.25, -0.2) is 0 Å². The van der Waals surface area contributed by atoms with Crippen molar-refractivity contribution in [3.05, 3.63) is 0 Å².